The number of nitrogens with one attached hydrogen (secondary N) is 1. The number of hydrogen-bond donors (Lipinski definition) is 1. The standard InChI is InChI=1S/C19H16Cl2N4O4/c1-2-18(24-11-13(21)10-22-24)19(26)23-14-7-15(25(27)28)9-17(8-14)29-16-5-3-12(20)4-6-16/h3-11,18H,2H2,1H3,(H,23,26). The van der Waals surface area contributed by atoms with Crippen LogP contribution in [0.2, 0.25) is 10.0 Å². The van der Waals surface area contributed by atoms with Gasteiger partial charge < -0.3 is 10.1 Å². The van der Waals surface area contributed by atoms with Crippen molar-refractivity contribution in [2.75, 3.05) is 5.32 Å². The fraction of sp³-hybridized carbons (Fsp3) is 0.158. The molecule has 0 radical (unpaired) electrons. The van der Waals surface area contributed by atoms with E-state index in [0.29, 0.717) is 22.2 Å². The third-order valence-electron chi connectivity index (χ3n) is 4.00. The van der Waals surface area contributed by atoms with Gasteiger partial charge in [-0.2, -0.15) is 5.10 Å². The van der Waals surface area contributed by atoms with Crippen LogP contribution in [0, 0.1) is 10.1 Å². The molecule has 10 heteroatoms. The van der Waals surface area contributed by atoms with Crippen molar-refractivity contribution in [2.24, 2.45) is 0 Å². The molecular formula is C19H16Cl2N4O4. The van der Waals surface area contributed by atoms with Crippen LogP contribution in [0.25, 0.3) is 0 Å². The monoisotopic (exact) mass is 434 g/mol. The molecule has 0 aliphatic carbocycles. The van der Waals surface area contributed by atoms with Gasteiger partial charge in [-0.25, -0.2) is 0 Å². The van der Waals surface area contributed by atoms with Crippen LogP contribution >= 0.6 is 23.2 Å². The van der Waals surface area contributed by atoms with Gasteiger partial charge in [0.2, 0.25) is 5.91 Å². The zero-order chi connectivity index (χ0) is 21.0. The quantitative estimate of drug-likeness (QED) is 0.391. The minimum atomic E-state index is -0.623. The Morgan fingerprint density at radius 2 is 1.93 bits per heavy atom. The number of amides is 1. The van der Waals surface area contributed by atoms with Gasteiger partial charge >= 0.3 is 0 Å². The number of hydrogen-bond acceptors (Lipinski definition) is 5. The van der Waals surface area contributed by atoms with E-state index in [0.717, 1.165) is 0 Å². The summed E-state index contributed by atoms with van der Waals surface area (Å²) in [5.74, 6) is 0.266. The highest BCUT2D eigenvalue weighted by Crippen LogP contribution is 2.31. The Kier molecular flexibility index (Phi) is 6.36. The summed E-state index contributed by atoms with van der Waals surface area (Å²) in [4.78, 5) is 23.4. The van der Waals surface area contributed by atoms with Crippen molar-refractivity contribution >= 4 is 40.5 Å². The van der Waals surface area contributed by atoms with Gasteiger partial charge in [-0.3, -0.25) is 19.6 Å². The molecule has 0 fully saturated rings. The Morgan fingerprint density at radius 1 is 1.21 bits per heavy atom. The Balaban J connectivity index is 1.85. The van der Waals surface area contributed by atoms with E-state index in [1.54, 1.807) is 24.3 Å². The molecule has 0 saturated carbocycles. The summed E-state index contributed by atoms with van der Waals surface area (Å²) < 4.78 is 7.12. The van der Waals surface area contributed by atoms with Crippen LogP contribution in [0.3, 0.4) is 0 Å². The summed E-state index contributed by atoms with van der Waals surface area (Å²) in [5, 5.41) is 19.0. The summed E-state index contributed by atoms with van der Waals surface area (Å²) in [5.41, 5.74) is 0.00631. The second-order valence-electron chi connectivity index (χ2n) is 6.08. The molecule has 3 rings (SSSR count). The highest BCUT2D eigenvalue weighted by atomic mass is 35.5. The number of nitro groups is 1. The van der Waals surface area contributed by atoms with Crippen molar-refractivity contribution in [1.82, 2.24) is 9.78 Å². The third kappa shape index (κ3) is 5.24. The van der Waals surface area contributed by atoms with Gasteiger partial charge in [-0.15, -0.1) is 0 Å². The van der Waals surface area contributed by atoms with Crippen LogP contribution in [0.1, 0.15) is 19.4 Å². The van der Waals surface area contributed by atoms with E-state index in [9.17, 15) is 14.9 Å². The first-order valence-corrected chi connectivity index (χ1v) is 9.34. The number of carbonyl (C=O) groups excluding carboxylic acids is 1. The van der Waals surface area contributed by atoms with Gasteiger partial charge in [0.25, 0.3) is 5.69 Å². The lowest BCUT2D eigenvalue weighted by molar-refractivity contribution is -0.384. The predicted octanol–water partition coefficient (Wildman–Crippen LogP) is 5.48. The first-order valence-electron chi connectivity index (χ1n) is 8.59. The number of nitro benzene ring substituents is 1. The van der Waals surface area contributed by atoms with Crippen molar-refractivity contribution in [3.8, 4) is 11.5 Å². The number of rotatable bonds is 7. The number of nitrogens with zero attached hydrogens (tertiary/aromatic N) is 3. The van der Waals surface area contributed by atoms with Crippen molar-refractivity contribution in [1.29, 1.82) is 0 Å². The van der Waals surface area contributed by atoms with Crippen molar-refractivity contribution < 1.29 is 14.5 Å². The van der Waals surface area contributed by atoms with Crippen molar-refractivity contribution in [2.45, 2.75) is 19.4 Å². The number of aromatic nitrogens is 2. The second kappa shape index (κ2) is 8.93. The van der Waals surface area contributed by atoms with Gasteiger partial charge in [0, 0.05) is 23.4 Å². The van der Waals surface area contributed by atoms with Crippen LogP contribution in [-0.2, 0) is 4.79 Å². The lowest BCUT2D eigenvalue weighted by Crippen LogP contribution is -2.26. The van der Waals surface area contributed by atoms with Crippen LogP contribution in [0.15, 0.2) is 54.9 Å². The lowest BCUT2D eigenvalue weighted by atomic mass is 10.2. The zero-order valence-corrected chi connectivity index (χ0v) is 16.7. The first kappa shape index (κ1) is 20.6. The molecule has 1 amide bonds. The molecule has 29 heavy (non-hydrogen) atoms. The zero-order valence-electron chi connectivity index (χ0n) is 15.2. The highest BCUT2D eigenvalue weighted by molar-refractivity contribution is 6.30. The predicted molar refractivity (Wildman–Crippen MR) is 110 cm³/mol. The van der Waals surface area contributed by atoms with E-state index in [1.807, 2.05) is 6.92 Å². The number of carbonyl (C=O) groups is 1. The molecule has 1 unspecified atom stereocenters. The molecule has 0 bridgehead atoms. The van der Waals surface area contributed by atoms with Gasteiger partial charge in [-0.05, 0) is 30.7 Å². The van der Waals surface area contributed by atoms with Crippen LogP contribution in [0.4, 0.5) is 11.4 Å². The molecule has 1 atom stereocenters. The maximum atomic E-state index is 12.7. The molecule has 0 saturated heterocycles. The lowest BCUT2D eigenvalue weighted by Gasteiger charge is -2.16. The SMILES string of the molecule is CCC(C(=O)Nc1cc(Oc2ccc(Cl)cc2)cc([N+](=O)[O-])c1)n1cc(Cl)cn1. The number of benzene rings is 2. The van der Waals surface area contributed by atoms with Gasteiger partial charge in [0.15, 0.2) is 0 Å². The molecule has 1 aromatic heterocycles. The van der Waals surface area contributed by atoms with E-state index >= 15 is 0 Å². The summed E-state index contributed by atoms with van der Waals surface area (Å²) in [6.07, 6.45) is 3.42. The molecule has 0 aliphatic heterocycles. The normalized spacial score (nSPS) is 11.7. The van der Waals surface area contributed by atoms with E-state index in [-0.39, 0.29) is 23.0 Å². The van der Waals surface area contributed by atoms with E-state index in [2.05, 4.69) is 10.4 Å². The fourth-order valence-corrected chi connectivity index (χ4v) is 2.93. The minimum Gasteiger partial charge on any atom is -0.457 e. The maximum absolute atomic E-state index is 12.7. The molecule has 1 N–H and O–H groups in total. The van der Waals surface area contributed by atoms with Crippen LogP contribution in [-0.4, -0.2) is 20.6 Å². The summed E-state index contributed by atoms with van der Waals surface area (Å²) >= 11 is 11.7. The molecular weight excluding hydrogens is 419 g/mol. The van der Waals surface area contributed by atoms with Gasteiger partial charge in [0.05, 0.1) is 27.9 Å². The smallest absolute Gasteiger partial charge is 0.275 e. The van der Waals surface area contributed by atoms with E-state index in [1.165, 1.54) is 35.3 Å². The van der Waals surface area contributed by atoms with E-state index < -0.39 is 11.0 Å². The Hall–Kier alpha value is -3.10. The minimum absolute atomic E-state index is 0.201. The first-order chi connectivity index (χ1) is 13.9. The molecule has 1 heterocycles. The average Bonchev–Trinajstić information content (AvgIpc) is 3.10. The molecule has 0 spiro atoms. The molecule has 2 aromatic carbocycles. The van der Waals surface area contributed by atoms with Crippen LogP contribution in [0.5, 0.6) is 11.5 Å². The number of halogens is 2. The Labute approximate surface area is 176 Å². The van der Waals surface area contributed by atoms with Crippen molar-refractivity contribution in [3.05, 3.63) is 75.0 Å². The molecule has 150 valence electrons. The second-order valence-corrected chi connectivity index (χ2v) is 6.95. The number of ether oxygens (including phenoxy) is 1. The Bertz CT molecular complexity index is 1040. The van der Waals surface area contributed by atoms with Gasteiger partial charge in [-0.1, -0.05) is 30.1 Å². The number of non-ortho nitro benzene ring substituents is 1. The highest BCUT2D eigenvalue weighted by Gasteiger charge is 2.21. The van der Waals surface area contributed by atoms with Crippen molar-refractivity contribution in [3.63, 3.8) is 0 Å². The van der Waals surface area contributed by atoms with Crippen LogP contribution < -0.4 is 10.1 Å². The summed E-state index contributed by atoms with van der Waals surface area (Å²) in [6, 6.07) is 9.95. The fourth-order valence-electron chi connectivity index (χ4n) is 2.66. The topological polar surface area (TPSA) is 99.3 Å². The summed E-state index contributed by atoms with van der Waals surface area (Å²) in [6.45, 7) is 1.82. The third-order valence-corrected chi connectivity index (χ3v) is 4.44. The Morgan fingerprint density at radius 3 is 2.52 bits per heavy atom. The number of anilines is 1. The average molecular weight is 435 g/mol. The van der Waals surface area contributed by atoms with E-state index in [4.69, 9.17) is 27.9 Å². The van der Waals surface area contributed by atoms with Gasteiger partial charge in [0.1, 0.15) is 17.5 Å². The molecule has 0 aliphatic rings. The molecule has 8 nitrogen and oxygen atoms in total. The largest absolute Gasteiger partial charge is 0.457 e. The summed E-state index contributed by atoms with van der Waals surface area (Å²) in [7, 11) is 0. The maximum Gasteiger partial charge on any atom is 0.275 e. The molecule has 3 aromatic rings.